The van der Waals surface area contributed by atoms with Crippen LogP contribution in [0.1, 0.15) is 5.56 Å². The molecule has 0 unspecified atom stereocenters. The number of hydrogen-bond donors (Lipinski definition) is 0. The van der Waals surface area contributed by atoms with Crippen molar-refractivity contribution in [2.24, 2.45) is 0 Å². The number of rotatable bonds is 3. The lowest BCUT2D eigenvalue weighted by molar-refractivity contribution is 1.01. The van der Waals surface area contributed by atoms with Gasteiger partial charge in [-0.1, -0.05) is 52.9 Å². The highest BCUT2D eigenvalue weighted by atomic mass is 35.5. The second-order valence-electron chi connectivity index (χ2n) is 2.70. The SMILES string of the molecule is Clc1nnc(SCc2ccccc2Cl)s1. The number of nitrogens with zero attached hydrogens (tertiary/aromatic N) is 2. The van der Waals surface area contributed by atoms with Gasteiger partial charge in [0.05, 0.1) is 0 Å². The third-order valence-corrected chi connectivity index (χ3v) is 4.26. The third kappa shape index (κ3) is 3.08. The summed E-state index contributed by atoms with van der Waals surface area (Å²) < 4.78 is 1.33. The summed E-state index contributed by atoms with van der Waals surface area (Å²) in [5, 5.41) is 8.43. The van der Waals surface area contributed by atoms with Gasteiger partial charge in [-0.05, 0) is 23.2 Å². The second kappa shape index (κ2) is 5.16. The number of halogens is 2. The van der Waals surface area contributed by atoms with Gasteiger partial charge in [0.25, 0.3) is 0 Å². The van der Waals surface area contributed by atoms with Crippen LogP contribution in [-0.4, -0.2) is 10.2 Å². The summed E-state index contributed by atoms with van der Waals surface area (Å²) >= 11 is 14.7. The average molecular weight is 277 g/mol. The highest BCUT2D eigenvalue weighted by Crippen LogP contribution is 2.29. The summed E-state index contributed by atoms with van der Waals surface area (Å²) in [6.07, 6.45) is 0. The molecule has 0 N–H and O–H groups in total. The lowest BCUT2D eigenvalue weighted by Gasteiger charge is -2.00. The molecular weight excluding hydrogens is 271 g/mol. The Kier molecular flexibility index (Phi) is 3.86. The molecule has 6 heteroatoms. The maximum Gasteiger partial charge on any atom is 0.208 e. The molecule has 0 amide bonds. The van der Waals surface area contributed by atoms with Gasteiger partial charge in [0.2, 0.25) is 4.47 Å². The molecule has 78 valence electrons. The van der Waals surface area contributed by atoms with Crippen LogP contribution in [0.15, 0.2) is 28.6 Å². The van der Waals surface area contributed by atoms with Gasteiger partial charge in [-0.25, -0.2) is 0 Å². The minimum atomic E-state index is 0.469. The van der Waals surface area contributed by atoms with Crippen LogP contribution in [0.25, 0.3) is 0 Å². The van der Waals surface area contributed by atoms with Gasteiger partial charge < -0.3 is 0 Å². The van der Waals surface area contributed by atoms with E-state index in [0.29, 0.717) is 4.47 Å². The van der Waals surface area contributed by atoms with Crippen molar-refractivity contribution < 1.29 is 0 Å². The van der Waals surface area contributed by atoms with Crippen molar-refractivity contribution in [3.63, 3.8) is 0 Å². The second-order valence-corrected chi connectivity index (χ2v) is 5.89. The van der Waals surface area contributed by atoms with Crippen molar-refractivity contribution >= 4 is 46.3 Å². The molecule has 2 aromatic rings. The van der Waals surface area contributed by atoms with Crippen LogP contribution in [0.4, 0.5) is 0 Å². The van der Waals surface area contributed by atoms with E-state index in [1.165, 1.54) is 11.3 Å². The smallest absolute Gasteiger partial charge is 0.130 e. The fraction of sp³-hybridized carbons (Fsp3) is 0.111. The molecule has 0 radical (unpaired) electrons. The van der Waals surface area contributed by atoms with E-state index < -0.39 is 0 Å². The molecule has 1 aromatic heterocycles. The van der Waals surface area contributed by atoms with Crippen molar-refractivity contribution in [2.45, 2.75) is 10.1 Å². The molecule has 0 fully saturated rings. The Morgan fingerprint density at radius 3 is 2.67 bits per heavy atom. The average Bonchev–Trinajstić information content (AvgIpc) is 2.63. The summed E-state index contributed by atoms with van der Waals surface area (Å²) in [6.45, 7) is 0. The zero-order valence-corrected chi connectivity index (χ0v) is 10.6. The minimum Gasteiger partial charge on any atom is -0.130 e. The van der Waals surface area contributed by atoms with Crippen molar-refractivity contribution in [1.82, 2.24) is 10.2 Å². The van der Waals surface area contributed by atoms with Crippen LogP contribution in [0.3, 0.4) is 0 Å². The zero-order valence-electron chi connectivity index (χ0n) is 7.48. The van der Waals surface area contributed by atoms with Gasteiger partial charge in [0.1, 0.15) is 0 Å². The van der Waals surface area contributed by atoms with Crippen LogP contribution in [0.2, 0.25) is 9.49 Å². The lowest BCUT2D eigenvalue weighted by Crippen LogP contribution is -1.81. The Bertz CT molecular complexity index is 459. The number of benzene rings is 1. The Morgan fingerprint density at radius 1 is 1.20 bits per heavy atom. The van der Waals surface area contributed by atoms with Crippen molar-refractivity contribution in [3.05, 3.63) is 39.3 Å². The van der Waals surface area contributed by atoms with Gasteiger partial charge in [0.15, 0.2) is 4.34 Å². The fourth-order valence-electron chi connectivity index (χ4n) is 1.01. The van der Waals surface area contributed by atoms with Gasteiger partial charge in [0, 0.05) is 10.8 Å². The highest BCUT2D eigenvalue weighted by Gasteiger charge is 2.04. The summed E-state index contributed by atoms with van der Waals surface area (Å²) in [7, 11) is 0. The maximum atomic E-state index is 6.02. The lowest BCUT2D eigenvalue weighted by atomic mass is 10.2. The maximum absolute atomic E-state index is 6.02. The van der Waals surface area contributed by atoms with Gasteiger partial charge in [-0.15, -0.1) is 10.2 Å². The molecule has 0 aliphatic heterocycles. The Morgan fingerprint density at radius 2 is 2.00 bits per heavy atom. The van der Waals surface area contributed by atoms with Crippen molar-refractivity contribution in [1.29, 1.82) is 0 Å². The molecule has 15 heavy (non-hydrogen) atoms. The number of hydrogen-bond acceptors (Lipinski definition) is 4. The van der Waals surface area contributed by atoms with Crippen LogP contribution < -0.4 is 0 Å². The predicted octanol–water partition coefficient (Wildman–Crippen LogP) is 4.14. The first-order valence-electron chi connectivity index (χ1n) is 4.11. The molecular formula is C9H6Cl2N2S2. The quantitative estimate of drug-likeness (QED) is 0.789. The highest BCUT2D eigenvalue weighted by molar-refractivity contribution is 8.00. The predicted molar refractivity (Wildman–Crippen MR) is 65.9 cm³/mol. The molecule has 0 spiro atoms. The van der Waals surface area contributed by atoms with Crippen molar-refractivity contribution in [2.75, 3.05) is 0 Å². The summed E-state index contributed by atoms with van der Waals surface area (Å²) in [5.74, 6) is 0.783. The first kappa shape index (κ1) is 11.2. The molecule has 1 heterocycles. The van der Waals surface area contributed by atoms with E-state index in [4.69, 9.17) is 23.2 Å². The van der Waals surface area contributed by atoms with E-state index in [2.05, 4.69) is 10.2 Å². The minimum absolute atomic E-state index is 0.469. The molecule has 0 saturated heterocycles. The third-order valence-electron chi connectivity index (χ3n) is 1.69. The molecule has 0 aliphatic carbocycles. The summed E-state index contributed by atoms with van der Waals surface area (Å²) in [5.41, 5.74) is 1.09. The standard InChI is InChI=1S/C9H6Cl2N2S2/c10-7-4-2-1-3-6(7)5-14-9-13-12-8(11)15-9/h1-4H,5H2. The summed E-state index contributed by atoms with van der Waals surface area (Å²) in [6, 6.07) is 7.76. The van der Waals surface area contributed by atoms with E-state index in [0.717, 1.165) is 20.7 Å². The molecule has 0 atom stereocenters. The molecule has 1 aromatic carbocycles. The number of thioether (sulfide) groups is 1. The van der Waals surface area contributed by atoms with Crippen molar-refractivity contribution in [3.8, 4) is 0 Å². The summed E-state index contributed by atoms with van der Waals surface area (Å²) in [4.78, 5) is 0. The van der Waals surface area contributed by atoms with Crippen LogP contribution in [0, 0.1) is 0 Å². The van der Waals surface area contributed by atoms with Gasteiger partial charge >= 0.3 is 0 Å². The topological polar surface area (TPSA) is 25.8 Å². The van der Waals surface area contributed by atoms with E-state index in [1.807, 2.05) is 24.3 Å². The first-order chi connectivity index (χ1) is 7.25. The van der Waals surface area contributed by atoms with Gasteiger partial charge in [-0.3, -0.25) is 0 Å². The van der Waals surface area contributed by atoms with E-state index >= 15 is 0 Å². The fourth-order valence-corrected chi connectivity index (χ4v) is 3.27. The zero-order chi connectivity index (χ0) is 10.7. The Labute approximate surface area is 106 Å². The monoisotopic (exact) mass is 276 g/mol. The Hall–Kier alpha value is -0.290. The van der Waals surface area contributed by atoms with E-state index in [-0.39, 0.29) is 0 Å². The van der Waals surface area contributed by atoms with E-state index in [1.54, 1.807) is 11.8 Å². The molecule has 0 aliphatic rings. The Balaban J connectivity index is 2.02. The molecule has 0 bridgehead atoms. The molecule has 2 nitrogen and oxygen atoms in total. The number of aromatic nitrogens is 2. The van der Waals surface area contributed by atoms with Crippen LogP contribution in [-0.2, 0) is 5.75 Å². The molecule has 2 rings (SSSR count). The van der Waals surface area contributed by atoms with Crippen LogP contribution >= 0.6 is 46.3 Å². The van der Waals surface area contributed by atoms with Crippen LogP contribution in [0.5, 0.6) is 0 Å². The first-order valence-corrected chi connectivity index (χ1v) is 6.67. The van der Waals surface area contributed by atoms with E-state index in [9.17, 15) is 0 Å². The normalized spacial score (nSPS) is 10.5. The molecule has 0 saturated carbocycles. The largest absolute Gasteiger partial charge is 0.208 e. The van der Waals surface area contributed by atoms with Gasteiger partial charge in [-0.2, -0.15) is 0 Å².